The minimum atomic E-state index is 0.336. The maximum absolute atomic E-state index is 11.7. The molecule has 0 saturated carbocycles. The number of aliphatic hydroxyl groups excluding tert-OH is 1. The van der Waals surface area contributed by atoms with E-state index in [0.29, 0.717) is 12.5 Å². The Hall–Kier alpha value is -0.570. The molecule has 0 rings (SSSR count). The highest BCUT2D eigenvalue weighted by atomic mass is 16.2. The molecule has 0 aromatic carbocycles. The summed E-state index contributed by atoms with van der Waals surface area (Å²) in [6.45, 7) is 10.7. The monoisotopic (exact) mass is 441 g/mol. The van der Waals surface area contributed by atoms with Gasteiger partial charge in [-0.15, -0.1) is 0 Å². The maximum Gasteiger partial charge on any atom is 0.222 e. The predicted molar refractivity (Wildman–Crippen MR) is 139 cm³/mol. The third kappa shape index (κ3) is 27.4. The topological polar surface area (TPSA) is 40.5 Å². The molecule has 31 heavy (non-hydrogen) atoms. The van der Waals surface area contributed by atoms with Crippen molar-refractivity contribution in [3.63, 3.8) is 0 Å². The number of carbonyl (C=O) groups excluding carboxylic acids is 1. The Morgan fingerprint density at radius 2 is 0.839 bits per heavy atom. The van der Waals surface area contributed by atoms with Crippen LogP contribution in [0.5, 0.6) is 0 Å². The lowest BCUT2D eigenvalue weighted by Gasteiger charge is -2.18. The van der Waals surface area contributed by atoms with Gasteiger partial charge in [-0.25, -0.2) is 0 Å². The summed E-state index contributed by atoms with van der Waals surface area (Å²) in [4.78, 5) is 13.7. The zero-order valence-electron chi connectivity index (χ0n) is 22.1. The summed E-state index contributed by atoms with van der Waals surface area (Å²) in [5.74, 6) is 0.336. The van der Waals surface area contributed by atoms with Gasteiger partial charge in [0.05, 0.1) is 0 Å². The van der Waals surface area contributed by atoms with Gasteiger partial charge in [0.1, 0.15) is 0 Å². The summed E-state index contributed by atoms with van der Waals surface area (Å²) in [5.41, 5.74) is 0. The molecule has 0 aliphatic heterocycles. The first-order valence-electron chi connectivity index (χ1n) is 14.1. The molecule has 0 bridgehead atoms. The summed E-state index contributed by atoms with van der Waals surface area (Å²) < 4.78 is 0. The van der Waals surface area contributed by atoms with Gasteiger partial charge in [0.2, 0.25) is 5.91 Å². The highest BCUT2D eigenvalue weighted by Gasteiger charge is 2.07. The molecule has 0 heterocycles. The molecule has 188 valence electrons. The molecule has 0 radical (unpaired) electrons. The summed E-state index contributed by atoms with van der Waals surface area (Å²) in [6.07, 6.45) is 25.9. The van der Waals surface area contributed by atoms with Crippen LogP contribution in [0, 0.1) is 0 Å². The lowest BCUT2D eigenvalue weighted by atomic mass is 10.1. The highest BCUT2D eigenvalue weighted by molar-refractivity contribution is 5.75. The first-order chi connectivity index (χ1) is 15.2. The normalized spacial score (nSPS) is 10.6. The fourth-order valence-electron chi connectivity index (χ4n) is 3.92. The van der Waals surface area contributed by atoms with Crippen LogP contribution in [0.15, 0.2) is 0 Å². The number of amides is 1. The van der Waals surface area contributed by atoms with Crippen molar-refractivity contribution < 1.29 is 9.90 Å². The van der Waals surface area contributed by atoms with Crippen LogP contribution in [0.4, 0.5) is 0 Å². The van der Waals surface area contributed by atoms with E-state index >= 15 is 0 Å². The van der Waals surface area contributed by atoms with Crippen LogP contribution in [0.3, 0.4) is 0 Å². The predicted octanol–water partition coefficient (Wildman–Crippen LogP) is 8.68. The Labute approximate surface area is 196 Å². The third-order valence-electron chi connectivity index (χ3n) is 6.12. The Balaban J connectivity index is 0. The lowest BCUT2D eigenvalue weighted by molar-refractivity contribution is -0.130. The van der Waals surface area contributed by atoms with Crippen LogP contribution in [0.2, 0.25) is 0 Å². The molecule has 3 nitrogen and oxygen atoms in total. The van der Waals surface area contributed by atoms with Crippen molar-refractivity contribution in [1.82, 2.24) is 4.90 Å². The van der Waals surface area contributed by atoms with E-state index in [9.17, 15) is 4.79 Å². The number of unbranched alkanes of at least 4 members (excludes halogenated alkanes) is 17. The number of hydrogen-bond donors (Lipinski definition) is 1. The molecule has 0 atom stereocenters. The third-order valence-corrected chi connectivity index (χ3v) is 6.12. The molecular weight excluding hydrogens is 382 g/mol. The minimum absolute atomic E-state index is 0.336. The Morgan fingerprint density at radius 3 is 1.16 bits per heavy atom. The summed E-state index contributed by atoms with van der Waals surface area (Å²) in [5, 5.41) is 8.57. The quantitative estimate of drug-likeness (QED) is 0.171. The van der Waals surface area contributed by atoms with E-state index in [1.807, 2.05) is 4.90 Å². The average molecular weight is 442 g/mol. The van der Waals surface area contributed by atoms with Gasteiger partial charge >= 0.3 is 0 Å². The van der Waals surface area contributed by atoms with E-state index in [4.69, 9.17) is 5.11 Å². The van der Waals surface area contributed by atoms with Crippen LogP contribution in [0.25, 0.3) is 0 Å². The molecule has 1 amide bonds. The van der Waals surface area contributed by atoms with Crippen molar-refractivity contribution in [2.75, 3.05) is 19.7 Å². The minimum Gasteiger partial charge on any atom is -0.396 e. The van der Waals surface area contributed by atoms with Gasteiger partial charge in [0.15, 0.2) is 0 Å². The second-order valence-corrected chi connectivity index (χ2v) is 9.05. The smallest absolute Gasteiger partial charge is 0.222 e. The first-order valence-corrected chi connectivity index (χ1v) is 14.1. The highest BCUT2D eigenvalue weighted by Crippen LogP contribution is 2.11. The molecule has 0 fully saturated rings. The van der Waals surface area contributed by atoms with Crippen LogP contribution in [-0.2, 0) is 4.79 Å². The Bertz CT molecular complexity index is 319. The van der Waals surface area contributed by atoms with Crippen molar-refractivity contribution in [2.45, 2.75) is 156 Å². The van der Waals surface area contributed by atoms with Crippen LogP contribution >= 0.6 is 0 Å². The Morgan fingerprint density at radius 1 is 0.516 bits per heavy atom. The number of aliphatic hydroxyl groups is 1. The van der Waals surface area contributed by atoms with E-state index in [1.165, 1.54) is 109 Å². The summed E-state index contributed by atoms with van der Waals surface area (Å²) in [7, 11) is 0. The van der Waals surface area contributed by atoms with Crippen molar-refractivity contribution in [1.29, 1.82) is 0 Å². The first kappa shape index (κ1) is 32.6. The molecule has 0 aliphatic carbocycles. The zero-order chi connectivity index (χ0) is 23.4. The van der Waals surface area contributed by atoms with E-state index in [-0.39, 0.29) is 0 Å². The number of nitrogens with zero attached hydrogens (tertiary/aromatic N) is 1. The molecule has 1 N–H and O–H groups in total. The lowest BCUT2D eigenvalue weighted by Crippen LogP contribution is -2.30. The maximum atomic E-state index is 11.7. The molecule has 0 aliphatic rings. The van der Waals surface area contributed by atoms with Gasteiger partial charge in [0.25, 0.3) is 0 Å². The molecule has 0 saturated heterocycles. The Kier molecular flexibility index (Phi) is 31.0. The van der Waals surface area contributed by atoms with Gasteiger partial charge in [-0.05, 0) is 26.7 Å². The zero-order valence-corrected chi connectivity index (χ0v) is 22.1. The standard InChI is InChI=1S/C16H33NO.C12H26O/c1-4-7-8-9-10-11-12-13-14-15-16(18)17(5-2)6-3;1-2-3-4-5-6-7-8-9-10-11-12-13/h4-15H2,1-3H3;13H,2-12H2,1H3. The van der Waals surface area contributed by atoms with Gasteiger partial charge in [-0.1, -0.05) is 123 Å². The van der Waals surface area contributed by atoms with Gasteiger partial charge in [0, 0.05) is 26.1 Å². The van der Waals surface area contributed by atoms with E-state index in [1.54, 1.807) is 0 Å². The van der Waals surface area contributed by atoms with Crippen molar-refractivity contribution in [3.8, 4) is 0 Å². The van der Waals surface area contributed by atoms with Gasteiger partial charge in [-0.3, -0.25) is 4.79 Å². The molecule has 0 unspecified atom stereocenters. The van der Waals surface area contributed by atoms with Crippen LogP contribution in [0.1, 0.15) is 156 Å². The SMILES string of the molecule is CCCCCCCCCCCC(=O)N(CC)CC.CCCCCCCCCCCCO. The van der Waals surface area contributed by atoms with Gasteiger partial charge in [-0.2, -0.15) is 0 Å². The van der Waals surface area contributed by atoms with Crippen molar-refractivity contribution in [3.05, 3.63) is 0 Å². The fourth-order valence-corrected chi connectivity index (χ4v) is 3.92. The fraction of sp³-hybridized carbons (Fsp3) is 0.964. The number of hydrogen-bond acceptors (Lipinski definition) is 2. The summed E-state index contributed by atoms with van der Waals surface area (Å²) in [6, 6.07) is 0. The average Bonchev–Trinajstić information content (AvgIpc) is 2.78. The summed E-state index contributed by atoms with van der Waals surface area (Å²) >= 11 is 0. The van der Waals surface area contributed by atoms with E-state index < -0.39 is 0 Å². The molecule has 0 aromatic rings. The molecule has 3 heteroatoms. The van der Waals surface area contributed by atoms with Gasteiger partial charge < -0.3 is 10.0 Å². The second-order valence-electron chi connectivity index (χ2n) is 9.05. The second kappa shape index (κ2) is 29.4. The molecule has 0 spiro atoms. The van der Waals surface area contributed by atoms with E-state index in [0.717, 1.165) is 32.4 Å². The molecule has 0 aromatic heterocycles. The van der Waals surface area contributed by atoms with Crippen LogP contribution in [-0.4, -0.2) is 35.6 Å². The number of rotatable bonds is 22. The van der Waals surface area contributed by atoms with E-state index in [2.05, 4.69) is 27.7 Å². The van der Waals surface area contributed by atoms with Crippen molar-refractivity contribution in [2.24, 2.45) is 0 Å². The largest absolute Gasteiger partial charge is 0.396 e. The van der Waals surface area contributed by atoms with Crippen molar-refractivity contribution >= 4 is 5.91 Å². The number of carbonyl (C=O) groups is 1. The molecular formula is C28H59NO2. The van der Waals surface area contributed by atoms with Crippen LogP contribution < -0.4 is 0 Å².